The van der Waals surface area contributed by atoms with E-state index in [0.29, 0.717) is 0 Å². The van der Waals surface area contributed by atoms with Gasteiger partial charge >= 0.3 is 0 Å². The van der Waals surface area contributed by atoms with Crippen molar-refractivity contribution in [3.8, 4) is 0 Å². The third kappa shape index (κ3) is 22.2. The van der Waals surface area contributed by atoms with Gasteiger partial charge in [-0.05, 0) is 0 Å². The summed E-state index contributed by atoms with van der Waals surface area (Å²) in [5.41, 5.74) is 0. The molecule has 0 atom stereocenters. The molecule has 0 bridgehead atoms. The fourth-order valence-electron chi connectivity index (χ4n) is 0. The zero-order chi connectivity index (χ0) is 0. The standard InChI is InChI=1S/C.Cr.Fe.Mn.W. The zero-order valence-corrected chi connectivity index (χ0v) is 8.54. The first-order valence-electron chi connectivity index (χ1n) is 0. The summed E-state index contributed by atoms with van der Waals surface area (Å²) in [4.78, 5) is 0. The second kappa shape index (κ2) is 33.9. The van der Waals surface area contributed by atoms with Crippen molar-refractivity contribution in [3.63, 3.8) is 0 Å². The molecule has 0 nitrogen and oxygen atoms in total. The molecule has 4 heteroatoms. The van der Waals surface area contributed by atoms with Gasteiger partial charge in [0.2, 0.25) is 0 Å². The van der Waals surface area contributed by atoms with Crippen LogP contribution in [0.3, 0.4) is 0 Å². The van der Waals surface area contributed by atoms with E-state index in [0.717, 1.165) is 0 Å². The average molecular weight is 359 g/mol. The van der Waals surface area contributed by atoms with Crippen molar-refractivity contribution in [1.29, 1.82) is 0 Å². The third-order valence-electron chi connectivity index (χ3n) is 0. The quantitative estimate of drug-likeness (QED) is 0.538. The number of hydrogen-bond donors (Lipinski definition) is 0. The van der Waals surface area contributed by atoms with E-state index in [1.54, 1.807) is 0 Å². The molecule has 0 spiro atoms. The second-order valence-corrected chi connectivity index (χ2v) is 0. The van der Waals surface area contributed by atoms with E-state index in [1.165, 1.54) is 0 Å². The molecule has 0 aliphatic carbocycles. The minimum Gasteiger partial charge on any atom is 0 e. The molecule has 0 aliphatic heterocycles. The van der Waals surface area contributed by atoms with Gasteiger partial charge in [0.05, 0.1) is 0 Å². The average Bonchev–Trinajstić information content (AvgIpc) is 0. The van der Waals surface area contributed by atoms with E-state index < -0.39 is 0 Å². The maximum absolute atomic E-state index is 0. The molecule has 5 radical (unpaired) electrons. The van der Waals surface area contributed by atoms with Crippen LogP contribution in [0.5, 0.6) is 0 Å². The predicted molar refractivity (Wildman–Crippen MR) is 3.24 cm³/mol. The number of hydrogen-bond acceptors (Lipinski definition) is 0. The summed E-state index contributed by atoms with van der Waals surface area (Å²) in [5.74, 6) is 0. The minimum absolute atomic E-state index is 0. The van der Waals surface area contributed by atoms with Crippen LogP contribution in [-0.4, -0.2) is 0 Å². The fourth-order valence-corrected chi connectivity index (χ4v) is 0. The van der Waals surface area contributed by atoms with Crippen molar-refractivity contribution in [3.05, 3.63) is 7.43 Å². The Labute approximate surface area is 79.2 Å². The molecular weight excluding hydrogens is 359 g/mol. The largest absolute Gasteiger partial charge is 0 e. The van der Waals surface area contributed by atoms with E-state index in [2.05, 4.69) is 0 Å². The monoisotopic (exact) mass is 359 g/mol. The molecule has 0 aromatic rings. The smallest absolute Gasteiger partial charge is 0 e. The first-order chi connectivity index (χ1) is 0. The maximum atomic E-state index is 0. The third-order valence-corrected chi connectivity index (χ3v) is 0. The fraction of sp³-hybridized carbons (Fsp3) is 0. The van der Waals surface area contributed by atoms with Crippen LogP contribution >= 0.6 is 0 Å². The van der Waals surface area contributed by atoms with Crippen LogP contribution in [0, 0.1) is 7.43 Å². The summed E-state index contributed by atoms with van der Waals surface area (Å²) >= 11 is 0. The molecule has 0 aliphatic rings. The van der Waals surface area contributed by atoms with Crippen LogP contribution in [0.25, 0.3) is 0 Å². The maximum Gasteiger partial charge on any atom is 0 e. The van der Waals surface area contributed by atoms with Gasteiger partial charge in [0, 0.05) is 80.0 Å². The Hall–Kier alpha value is 2.26. The molecule has 31 valence electrons. The molecule has 0 unspecified atom stereocenters. The Morgan fingerprint density at radius 2 is 1.00 bits per heavy atom. The summed E-state index contributed by atoms with van der Waals surface area (Å²) < 4.78 is 0. The molecule has 0 saturated heterocycles. The van der Waals surface area contributed by atoms with Gasteiger partial charge in [-0.2, -0.15) is 0 Å². The zero-order valence-electron chi connectivity index (χ0n) is 2.05. The van der Waals surface area contributed by atoms with E-state index in [1.807, 2.05) is 0 Å². The molecule has 0 amide bonds. The van der Waals surface area contributed by atoms with Crippen LogP contribution in [0.1, 0.15) is 0 Å². The van der Waals surface area contributed by atoms with Crippen LogP contribution in [0.4, 0.5) is 0 Å². The summed E-state index contributed by atoms with van der Waals surface area (Å²) in [5, 5.41) is 0. The molecule has 0 fully saturated rings. The molecule has 0 aromatic heterocycles. The summed E-state index contributed by atoms with van der Waals surface area (Å²) in [6.45, 7) is 0. The summed E-state index contributed by atoms with van der Waals surface area (Å²) in [6, 6.07) is 0. The topological polar surface area (TPSA) is 0 Å². The van der Waals surface area contributed by atoms with Gasteiger partial charge in [-0.1, -0.05) is 0 Å². The first-order valence-corrected chi connectivity index (χ1v) is 0. The summed E-state index contributed by atoms with van der Waals surface area (Å²) in [7, 11) is 0. The molecule has 0 aromatic carbocycles. The van der Waals surface area contributed by atoms with E-state index in [9.17, 15) is 0 Å². The predicted octanol–water partition coefficient (Wildman–Crippen LogP) is 0.0713. The Balaban J connectivity index is 0. The number of rotatable bonds is 0. The van der Waals surface area contributed by atoms with Crippen molar-refractivity contribution >= 4 is 0 Å². The van der Waals surface area contributed by atoms with Crippen molar-refractivity contribution in [1.82, 2.24) is 0 Å². The Morgan fingerprint density at radius 3 is 1.00 bits per heavy atom. The van der Waals surface area contributed by atoms with E-state index in [-0.39, 0.29) is 80.0 Å². The van der Waals surface area contributed by atoms with Gasteiger partial charge in [0.25, 0.3) is 0 Å². The van der Waals surface area contributed by atoms with E-state index in [4.69, 9.17) is 0 Å². The minimum atomic E-state index is 0. The van der Waals surface area contributed by atoms with Crippen molar-refractivity contribution in [2.75, 3.05) is 0 Å². The molecular formula is CCrFeMnW. The normalized spacial score (nSPS) is 0. The molecule has 5 heavy (non-hydrogen) atoms. The van der Waals surface area contributed by atoms with Gasteiger partial charge < -0.3 is 0 Å². The Kier molecular flexibility index (Phi) is 378. The van der Waals surface area contributed by atoms with Crippen LogP contribution in [0.15, 0.2) is 0 Å². The van der Waals surface area contributed by atoms with Crippen LogP contribution in [0.2, 0.25) is 0 Å². The van der Waals surface area contributed by atoms with Gasteiger partial charge in [-0.15, -0.1) is 0 Å². The van der Waals surface area contributed by atoms with Gasteiger partial charge in [-0.3, -0.25) is 0 Å². The van der Waals surface area contributed by atoms with Gasteiger partial charge in [0.15, 0.2) is 0 Å². The van der Waals surface area contributed by atoms with Crippen molar-refractivity contribution in [2.45, 2.75) is 0 Å². The van der Waals surface area contributed by atoms with Crippen LogP contribution in [-0.2, 0) is 72.6 Å². The second-order valence-electron chi connectivity index (χ2n) is 0. The molecule has 0 N–H and O–H groups in total. The van der Waals surface area contributed by atoms with Gasteiger partial charge in [0.1, 0.15) is 0 Å². The molecule has 0 heterocycles. The first kappa shape index (κ1) is 55.7. The van der Waals surface area contributed by atoms with Gasteiger partial charge in [-0.25, -0.2) is 0 Å². The summed E-state index contributed by atoms with van der Waals surface area (Å²) in [6.07, 6.45) is 0. The van der Waals surface area contributed by atoms with Crippen molar-refractivity contribution < 1.29 is 72.6 Å². The Morgan fingerprint density at radius 1 is 1.00 bits per heavy atom. The molecule has 0 saturated carbocycles. The SMILES string of the molecule is [C].[Cr].[Fe].[Mn].[W]. The van der Waals surface area contributed by atoms with Crippen molar-refractivity contribution in [2.24, 2.45) is 0 Å². The van der Waals surface area contributed by atoms with E-state index >= 15 is 0 Å². The van der Waals surface area contributed by atoms with Crippen LogP contribution < -0.4 is 0 Å². The Bertz CT molecular complexity index is 11.6. The molecule has 0 rings (SSSR count).